The maximum Gasteiger partial charge on any atom is 0.318 e. The second-order valence-electron chi connectivity index (χ2n) is 5.18. The quantitative estimate of drug-likeness (QED) is 0.660. The molecule has 0 aromatic carbocycles. The number of hydrogen-bond acceptors (Lipinski definition) is 3. The van der Waals surface area contributed by atoms with Crippen LogP contribution in [-0.2, 0) is 9.59 Å². The van der Waals surface area contributed by atoms with Crippen LogP contribution in [0.4, 0.5) is 4.79 Å². The summed E-state index contributed by atoms with van der Waals surface area (Å²) in [5, 5.41) is 11.7. The highest BCUT2D eigenvalue weighted by molar-refractivity contribution is 5.83. The van der Waals surface area contributed by atoms with Gasteiger partial charge in [-0.15, -0.1) is 0 Å². The van der Waals surface area contributed by atoms with Crippen molar-refractivity contribution in [1.82, 2.24) is 10.2 Å². The van der Waals surface area contributed by atoms with E-state index in [0.29, 0.717) is 19.3 Å². The highest BCUT2D eigenvalue weighted by Gasteiger charge is 2.31. The molecule has 4 N–H and O–H groups in total. The summed E-state index contributed by atoms with van der Waals surface area (Å²) in [6.45, 7) is 3.44. The van der Waals surface area contributed by atoms with Crippen LogP contribution in [0, 0.1) is 5.92 Å². The van der Waals surface area contributed by atoms with Crippen LogP contribution in [0.2, 0.25) is 0 Å². The molecule has 19 heavy (non-hydrogen) atoms. The first-order valence-corrected chi connectivity index (χ1v) is 6.39. The summed E-state index contributed by atoms with van der Waals surface area (Å²) >= 11 is 0. The van der Waals surface area contributed by atoms with Crippen molar-refractivity contribution in [3.05, 3.63) is 0 Å². The molecule has 1 fully saturated rings. The van der Waals surface area contributed by atoms with Crippen molar-refractivity contribution in [2.45, 2.75) is 45.2 Å². The number of aliphatic carboxylic acids is 1. The Morgan fingerprint density at radius 2 is 2.00 bits per heavy atom. The van der Waals surface area contributed by atoms with Crippen LogP contribution in [0.15, 0.2) is 0 Å². The monoisotopic (exact) mass is 271 g/mol. The number of nitrogens with one attached hydrogen (secondary N) is 1. The molecule has 0 radical (unpaired) electrons. The molecule has 1 saturated carbocycles. The lowest BCUT2D eigenvalue weighted by molar-refractivity contribution is -0.141. The summed E-state index contributed by atoms with van der Waals surface area (Å²) in [5.41, 5.74) is 5.10. The van der Waals surface area contributed by atoms with Crippen molar-refractivity contribution >= 4 is 17.9 Å². The van der Waals surface area contributed by atoms with Gasteiger partial charge in [-0.2, -0.15) is 0 Å². The smallest absolute Gasteiger partial charge is 0.318 e. The second kappa shape index (κ2) is 6.40. The molecular formula is C12H21N3O4. The number of carboxylic acid groups (broad SMARTS) is 1. The zero-order valence-corrected chi connectivity index (χ0v) is 11.3. The number of primary amides is 1. The Bertz CT molecular complexity index is 370. The van der Waals surface area contributed by atoms with Crippen LogP contribution in [0.25, 0.3) is 0 Å². The summed E-state index contributed by atoms with van der Waals surface area (Å²) in [4.78, 5) is 35.1. The minimum Gasteiger partial charge on any atom is -0.481 e. The number of nitrogens with zero attached hydrogens (tertiary/aromatic N) is 1. The van der Waals surface area contributed by atoms with Crippen LogP contribution >= 0.6 is 0 Å². The Labute approximate surface area is 112 Å². The fourth-order valence-electron chi connectivity index (χ4n) is 2.25. The van der Waals surface area contributed by atoms with E-state index in [1.807, 2.05) is 0 Å². The highest BCUT2D eigenvalue weighted by atomic mass is 16.4. The number of hydrogen-bond donors (Lipinski definition) is 3. The fourth-order valence-corrected chi connectivity index (χ4v) is 2.25. The van der Waals surface area contributed by atoms with E-state index in [0.717, 1.165) is 0 Å². The molecule has 2 atom stereocenters. The number of carboxylic acids is 1. The number of amides is 3. The van der Waals surface area contributed by atoms with Gasteiger partial charge in [-0.1, -0.05) is 0 Å². The normalized spacial score (nSPS) is 22.3. The predicted octanol–water partition coefficient (Wildman–Crippen LogP) is 0.145. The van der Waals surface area contributed by atoms with Gasteiger partial charge in [-0.25, -0.2) is 4.79 Å². The van der Waals surface area contributed by atoms with Gasteiger partial charge in [0.2, 0.25) is 5.91 Å². The highest BCUT2D eigenvalue weighted by Crippen LogP contribution is 2.25. The Kier molecular flexibility index (Phi) is 5.14. The maximum atomic E-state index is 12.0. The lowest BCUT2D eigenvalue weighted by atomic mass is 10.1. The van der Waals surface area contributed by atoms with E-state index in [1.165, 1.54) is 4.90 Å². The molecule has 1 aliphatic rings. The van der Waals surface area contributed by atoms with Crippen LogP contribution in [0.3, 0.4) is 0 Å². The van der Waals surface area contributed by atoms with Gasteiger partial charge >= 0.3 is 12.0 Å². The van der Waals surface area contributed by atoms with Gasteiger partial charge in [0.15, 0.2) is 0 Å². The minimum absolute atomic E-state index is 0.140. The number of rotatable bonds is 5. The van der Waals surface area contributed by atoms with Crippen molar-refractivity contribution in [3.63, 3.8) is 0 Å². The van der Waals surface area contributed by atoms with E-state index in [4.69, 9.17) is 10.8 Å². The van der Waals surface area contributed by atoms with Gasteiger partial charge in [0.05, 0.1) is 5.92 Å². The molecule has 0 aromatic heterocycles. The molecule has 1 rings (SSSR count). The van der Waals surface area contributed by atoms with Gasteiger partial charge in [0.25, 0.3) is 0 Å². The number of nitrogens with two attached hydrogens (primary N) is 1. The third-order valence-electron chi connectivity index (χ3n) is 3.32. The van der Waals surface area contributed by atoms with Crippen LogP contribution in [0.5, 0.6) is 0 Å². The summed E-state index contributed by atoms with van der Waals surface area (Å²) in [6.07, 6.45) is 1.65. The molecule has 108 valence electrons. The molecule has 0 unspecified atom stereocenters. The summed E-state index contributed by atoms with van der Waals surface area (Å²) < 4.78 is 0. The molecule has 0 saturated heterocycles. The molecule has 7 heteroatoms. The van der Waals surface area contributed by atoms with Crippen molar-refractivity contribution in [3.8, 4) is 0 Å². The zero-order valence-electron chi connectivity index (χ0n) is 11.3. The standard InChI is InChI=1S/C12H21N3O4/c1-7(2)15(6-10(13)16)12(19)14-9-4-3-8(5-9)11(17)18/h7-9H,3-6H2,1-2H3,(H2,13,16)(H,14,19)(H,17,18)/t8-,9+/m1/s1. The van der Waals surface area contributed by atoms with Crippen LogP contribution in [0.1, 0.15) is 33.1 Å². The average Bonchev–Trinajstić information content (AvgIpc) is 2.73. The summed E-state index contributed by atoms with van der Waals surface area (Å²) in [5.74, 6) is -1.79. The molecular weight excluding hydrogens is 250 g/mol. The van der Waals surface area contributed by atoms with Crippen LogP contribution in [-0.4, -0.2) is 46.5 Å². The first-order chi connectivity index (χ1) is 8.81. The van der Waals surface area contributed by atoms with E-state index < -0.39 is 17.8 Å². The number of carbonyl (C=O) groups is 3. The second-order valence-corrected chi connectivity index (χ2v) is 5.18. The summed E-state index contributed by atoms with van der Waals surface area (Å²) in [6, 6.07) is -0.670. The van der Waals surface area contributed by atoms with Crippen molar-refractivity contribution in [2.75, 3.05) is 6.54 Å². The maximum absolute atomic E-state index is 12.0. The van der Waals surface area contributed by atoms with E-state index >= 15 is 0 Å². The first kappa shape index (κ1) is 15.3. The van der Waals surface area contributed by atoms with Crippen molar-refractivity contribution in [1.29, 1.82) is 0 Å². The van der Waals surface area contributed by atoms with E-state index in [-0.39, 0.29) is 24.7 Å². The van der Waals surface area contributed by atoms with E-state index in [1.54, 1.807) is 13.8 Å². The van der Waals surface area contributed by atoms with Crippen molar-refractivity contribution in [2.24, 2.45) is 11.7 Å². The largest absolute Gasteiger partial charge is 0.481 e. The van der Waals surface area contributed by atoms with Gasteiger partial charge in [-0.05, 0) is 33.1 Å². The van der Waals surface area contributed by atoms with E-state index in [9.17, 15) is 14.4 Å². The average molecular weight is 271 g/mol. The molecule has 7 nitrogen and oxygen atoms in total. The Morgan fingerprint density at radius 3 is 2.42 bits per heavy atom. The molecule has 0 spiro atoms. The minimum atomic E-state index is -0.824. The van der Waals surface area contributed by atoms with E-state index in [2.05, 4.69) is 5.32 Å². The number of urea groups is 1. The molecule has 0 bridgehead atoms. The van der Waals surface area contributed by atoms with Gasteiger partial charge in [0, 0.05) is 12.1 Å². The SMILES string of the molecule is CC(C)N(CC(N)=O)C(=O)N[C@H]1CC[C@@H](C(=O)O)C1. The Morgan fingerprint density at radius 1 is 1.37 bits per heavy atom. The molecule has 0 heterocycles. The van der Waals surface area contributed by atoms with Gasteiger partial charge in [-0.3, -0.25) is 9.59 Å². The lowest BCUT2D eigenvalue weighted by Crippen LogP contribution is -2.50. The topological polar surface area (TPSA) is 113 Å². The Balaban J connectivity index is 2.53. The van der Waals surface area contributed by atoms with Gasteiger partial charge < -0.3 is 21.1 Å². The summed E-state index contributed by atoms with van der Waals surface area (Å²) in [7, 11) is 0. The predicted molar refractivity (Wildman–Crippen MR) is 68.3 cm³/mol. The van der Waals surface area contributed by atoms with Crippen molar-refractivity contribution < 1.29 is 19.5 Å². The lowest BCUT2D eigenvalue weighted by Gasteiger charge is -2.27. The molecule has 3 amide bonds. The van der Waals surface area contributed by atoms with Gasteiger partial charge in [0.1, 0.15) is 6.54 Å². The molecule has 0 aliphatic heterocycles. The molecule has 1 aliphatic carbocycles. The fraction of sp³-hybridized carbons (Fsp3) is 0.750. The zero-order chi connectivity index (χ0) is 14.6. The first-order valence-electron chi connectivity index (χ1n) is 6.39. The van der Waals surface area contributed by atoms with Crippen LogP contribution < -0.4 is 11.1 Å². The third-order valence-corrected chi connectivity index (χ3v) is 3.32. The third kappa shape index (κ3) is 4.42. The Hall–Kier alpha value is -1.79. The number of carbonyl (C=O) groups excluding carboxylic acids is 2. The molecule has 0 aromatic rings.